The van der Waals surface area contributed by atoms with E-state index in [1.54, 1.807) is 13.2 Å². The predicted octanol–water partition coefficient (Wildman–Crippen LogP) is 0.761. The van der Waals surface area contributed by atoms with Crippen molar-refractivity contribution in [1.29, 1.82) is 0 Å². The van der Waals surface area contributed by atoms with Gasteiger partial charge >= 0.3 is 5.97 Å². The summed E-state index contributed by atoms with van der Waals surface area (Å²) < 4.78 is 11.1. The lowest BCUT2D eigenvalue weighted by molar-refractivity contribution is -0.217. The summed E-state index contributed by atoms with van der Waals surface area (Å²) in [5.74, 6) is -0.294. The number of ether oxygens (including phenoxy) is 2. The number of amides is 1. The summed E-state index contributed by atoms with van der Waals surface area (Å²) in [4.78, 5) is 24.5. The van der Waals surface area contributed by atoms with Gasteiger partial charge in [-0.25, -0.2) is 0 Å². The van der Waals surface area contributed by atoms with E-state index in [1.165, 1.54) is 18.7 Å². The Morgan fingerprint density at radius 1 is 1.24 bits per heavy atom. The second-order valence-electron chi connectivity index (χ2n) is 8.93. The lowest BCUT2D eigenvalue weighted by atomic mass is 9.92. The van der Waals surface area contributed by atoms with Gasteiger partial charge in [-0.1, -0.05) is 12.8 Å². The number of nitrogens with one attached hydrogen (secondary N) is 2. The highest BCUT2D eigenvalue weighted by molar-refractivity contribution is 7.99. The SMILES string of the molecule is CS[C@H]1O[C@H]([C@H](NC(=O)C2CC[C@H](CCCCO)CCN2)[C@H](C)Cl)[C@H](O)[C@H](O)[C@H]1OC(C)=O. The summed E-state index contributed by atoms with van der Waals surface area (Å²) in [5, 5.41) is 36.0. The number of unbranched alkanes of at least 4 members (excludes halogenated alkanes) is 1. The minimum atomic E-state index is -1.40. The Labute approximate surface area is 205 Å². The second kappa shape index (κ2) is 14.1. The summed E-state index contributed by atoms with van der Waals surface area (Å²) in [6.45, 7) is 3.85. The molecule has 2 saturated heterocycles. The van der Waals surface area contributed by atoms with Crippen LogP contribution in [0.5, 0.6) is 0 Å². The predicted molar refractivity (Wildman–Crippen MR) is 127 cm³/mol. The fraction of sp³-hybridized carbons (Fsp3) is 0.909. The fourth-order valence-corrected chi connectivity index (χ4v) is 5.49. The van der Waals surface area contributed by atoms with Gasteiger partial charge in [0.2, 0.25) is 5.91 Å². The Morgan fingerprint density at radius 2 is 1.97 bits per heavy atom. The van der Waals surface area contributed by atoms with Gasteiger partial charge < -0.3 is 35.4 Å². The van der Waals surface area contributed by atoms with E-state index >= 15 is 0 Å². The quantitative estimate of drug-likeness (QED) is 0.164. The maximum atomic E-state index is 13.1. The maximum Gasteiger partial charge on any atom is 0.303 e. The van der Waals surface area contributed by atoms with Crippen LogP contribution in [0.25, 0.3) is 0 Å². The van der Waals surface area contributed by atoms with Crippen molar-refractivity contribution in [2.75, 3.05) is 19.4 Å². The fourth-order valence-electron chi connectivity index (χ4n) is 4.56. The molecule has 0 aromatic carbocycles. The van der Waals surface area contributed by atoms with Crippen LogP contribution in [0.15, 0.2) is 0 Å². The summed E-state index contributed by atoms with van der Waals surface area (Å²) in [5.41, 5.74) is -0.720. The lowest BCUT2D eigenvalue weighted by Crippen LogP contribution is -2.65. The van der Waals surface area contributed by atoms with Crippen LogP contribution in [0, 0.1) is 5.92 Å². The lowest BCUT2D eigenvalue weighted by Gasteiger charge is -2.45. The van der Waals surface area contributed by atoms with Gasteiger partial charge in [0.25, 0.3) is 0 Å². The Hall–Kier alpha value is -0.620. The number of carbonyl (C=O) groups excluding carboxylic acids is 2. The summed E-state index contributed by atoms with van der Waals surface area (Å²) in [7, 11) is 0. The zero-order chi connectivity index (χ0) is 24.5. The molecular weight excluding hydrogens is 472 g/mol. The van der Waals surface area contributed by atoms with Gasteiger partial charge in [0.1, 0.15) is 23.7 Å². The topological polar surface area (TPSA) is 137 Å². The van der Waals surface area contributed by atoms with Gasteiger partial charge in [0, 0.05) is 13.5 Å². The molecule has 33 heavy (non-hydrogen) atoms. The first kappa shape index (κ1) is 28.6. The molecule has 0 aliphatic carbocycles. The van der Waals surface area contributed by atoms with E-state index in [1.807, 2.05) is 0 Å². The minimum Gasteiger partial charge on any atom is -0.456 e. The molecule has 2 aliphatic heterocycles. The molecule has 0 radical (unpaired) electrons. The van der Waals surface area contributed by atoms with Crippen molar-refractivity contribution in [3.8, 4) is 0 Å². The second-order valence-corrected chi connectivity index (χ2v) is 10.6. The van der Waals surface area contributed by atoms with E-state index in [0.29, 0.717) is 12.3 Å². The number of thioether (sulfide) groups is 1. The molecule has 11 heteroatoms. The molecule has 9 atom stereocenters. The van der Waals surface area contributed by atoms with Crippen molar-refractivity contribution >= 4 is 35.2 Å². The van der Waals surface area contributed by atoms with Gasteiger partial charge in [0.15, 0.2) is 6.10 Å². The van der Waals surface area contributed by atoms with E-state index in [-0.39, 0.29) is 18.6 Å². The Morgan fingerprint density at radius 3 is 2.58 bits per heavy atom. The average Bonchev–Trinajstić information content (AvgIpc) is 3.01. The zero-order valence-electron chi connectivity index (χ0n) is 19.6. The molecule has 2 rings (SSSR count). The van der Waals surface area contributed by atoms with Gasteiger partial charge in [0.05, 0.1) is 17.5 Å². The third-order valence-corrected chi connectivity index (χ3v) is 7.53. The maximum absolute atomic E-state index is 13.1. The van der Waals surface area contributed by atoms with Crippen molar-refractivity contribution in [3.05, 3.63) is 0 Å². The molecule has 0 spiro atoms. The molecule has 1 unspecified atom stereocenters. The van der Waals surface area contributed by atoms with Crippen LogP contribution in [-0.4, -0.2) is 93.9 Å². The Kier molecular flexibility index (Phi) is 12.2. The molecule has 9 nitrogen and oxygen atoms in total. The molecule has 2 heterocycles. The standard InChI is InChI=1S/C22H39ClN2O7S/c1-12(23)16(19-17(28)18(29)20(31-13(2)27)22(32-19)33-3)25-21(30)15-8-7-14(9-10-24-15)6-4-5-11-26/h12,14-20,22,24,26,28-29H,4-11H2,1-3H3,(H,25,30)/t12-,14-,15?,16+,17+,18-,19+,20+,22+/m0/s1. The number of aliphatic hydroxyl groups excluding tert-OH is 3. The summed E-state index contributed by atoms with van der Waals surface area (Å²) in [6.07, 6.45) is 2.35. The van der Waals surface area contributed by atoms with Gasteiger partial charge in [-0.3, -0.25) is 9.59 Å². The van der Waals surface area contributed by atoms with Crippen LogP contribution in [0.4, 0.5) is 0 Å². The molecular formula is C22H39ClN2O7S. The van der Waals surface area contributed by atoms with Crippen molar-refractivity contribution in [1.82, 2.24) is 10.6 Å². The summed E-state index contributed by atoms with van der Waals surface area (Å²) >= 11 is 7.63. The van der Waals surface area contributed by atoms with Crippen LogP contribution in [-0.2, 0) is 19.1 Å². The minimum absolute atomic E-state index is 0.205. The highest BCUT2D eigenvalue weighted by Gasteiger charge is 2.50. The molecule has 0 aromatic rings. The number of hydrogen-bond acceptors (Lipinski definition) is 9. The van der Waals surface area contributed by atoms with E-state index in [0.717, 1.165) is 38.6 Å². The average molecular weight is 511 g/mol. The molecule has 2 fully saturated rings. The monoisotopic (exact) mass is 510 g/mol. The first-order chi connectivity index (χ1) is 15.7. The Bertz CT molecular complexity index is 628. The van der Waals surface area contributed by atoms with Crippen LogP contribution < -0.4 is 10.6 Å². The molecule has 1 amide bonds. The van der Waals surface area contributed by atoms with E-state index in [9.17, 15) is 19.8 Å². The highest BCUT2D eigenvalue weighted by Crippen LogP contribution is 2.32. The number of halogens is 1. The largest absolute Gasteiger partial charge is 0.456 e. The third kappa shape index (κ3) is 8.23. The van der Waals surface area contributed by atoms with Crippen LogP contribution in [0.2, 0.25) is 0 Å². The van der Waals surface area contributed by atoms with E-state index in [2.05, 4.69) is 10.6 Å². The number of alkyl halides is 1. The number of carbonyl (C=O) groups is 2. The molecule has 192 valence electrons. The van der Waals surface area contributed by atoms with E-state index < -0.39 is 47.2 Å². The first-order valence-corrected chi connectivity index (χ1v) is 13.4. The van der Waals surface area contributed by atoms with Gasteiger partial charge in [-0.05, 0) is 51.3 Å². The number of esters is 1. The third-order valence-electron chi connectivity index (χ3n) is 6.42. The van der Waals surface area contributed by atoms with Crippen LogP contribution >= 0.6 is 23.4 Å². The normalized spacial score (nSPS) is 34.7. The van der Waals surface area contributed by atoms with Crippen molar-refractivity contribution in [3.63, 3.8) is 0 Å². The Balaban J connectivity index is 2.03. The van der Waals surface area contributed by atoms with Crippen LogP contribution in [0.3, 0.4) is 0 Å². The number of rotatable bonds is 10. The smallest absolute Gasteiger partial charge is 0.303 e. The molecule has 5 N–H and O–H groups in total. The van der Waals surface area contributed by atoms with E-state index in [4.69, 9.17) is 26.2 Å². The van der Waals surface area contributed by atoms with Crippen molar-refractivity contribution in [2.24, 2.45) is 5.92 Å². The molecule has 0 aromatic heterocycles. The van der Waals surface area contributed by atoms with Gasteiger partial charge in [-0.2, -0.15) is 0 Å². The van der Waals surface area contributed by atoms with Gasteiger partial charge in [-0.15, -0.1) is 23.4 Å². The zero-order valence-corrected chi connectivity index (χ0v) is 21.2. The molecule has 2 aliphatic rings. The number of aliphatic hydroxyl groups is 3. The number of hydrogen-bond donors (Lipinski definition) is 5. The van der Waals surface area contributed by atoms with Crippen molar-refractivity contribution in [2.45, 2.75) is 99.7 Å². The summed E-state index contributed by atoms with van der Waals surface area (Å²) in [6, 6.07) is -1.15. The first-order valence-electron chi connectivity index (χ1n) is 11.7. The molecule has 0 bridgehead atoms. The highest BCUT2D eigenvalue weighted by atomic mass is 35.5. The van der Waals surface area contributed by atoms with Crippen LogP contribution in [0.1, 0.15) is 52.4 Å². The molecule has 0 saturated carbocycles. The van der Waals surface area contributed by atoms with Crippen molar-refractivity contribution < 1.29 is 34.4 Å².